The van der Waals surface area contributed by atoms with Crippen LogP contribution in [0, 0.1) is 11.8 Å². The monoisotopic (exact) mass is 366 g/mol. The molecule has 1 heterocycles. The van der Waals surface area contributed by atoms with Crippen molar-refractivity contribution in [2.24, 2.45) is 11.8 Å². The van der Waals surface area contributed by atoms with Crippen LogP contribution in [0.2, 0.25) is 5.02 Å². The maximum Gasteiger partial charge on any atom is 0.337 e. The number of carbonyl (C=O) groups is 3. The van der Waals surface area contributed by atoms with Crippen molar-refractivity contribution in [2.45, 2.75) is 33.1 Å². The number of halogens is 1. The molecule has 0 aromatic heterocycles. The Labute approximate surface area is 152 Å². The molecule has 1 aliphatic heterocycles. The topological polar surface area (TPSA) is 86.7 Å². The minimum atomic E-state index is -1.12. The molecule has 7 heteroatoms. The third kappa shape index (κ3) is 4.72. The van der Waals surface area contributed by atoms with Crippen LogP contribution in [0.25, 0.3) is 0 Å². The number of hydrogen-bond acceptors (Lipinski definition) is 3. The van der Waals surface area contributed by atoms with E-state index in [2.05, 4.69) is 5.32 Å². The summed E-state index contributed by atoms with van der Waals surface area (Å²) in [7, 11) is 0. The van der Waals surface area contributed by atoms with E-state index in [1.807, 2.05) is 13.8 Å². The fraction of sp³-hybridized carbons (Fsp3) is 0.500. The fourth-order valence-electron chi connectivity index (χ4n) is 2.89. The number of carboxylic acid groups (broad SMARTS) is 1. The number of rotatable bonds is 5. The minimum Gasteiger partial charge on any atom is -0.478 e. The number of hydrogen-bond donors (Lipinski definition) is 2. The van der Waals surface area contributed by atoms with Crippen LogP contribution >= 0.6 is 11.6 Å². The van der Waals surface area contributed by atoms with Gasteiger partial charge in [-0.05, 0) is 37.5 Å². The smallest absolute Gasteiger partial charge is 0.337 e. The molecule has 2 N–H and O–H groups in total. The molecule has 2 atom stereocenters. The van der Waals surface area contributed by atoms with E-state index < -0.39 is 5.97 Å². The normalized spacial score (nSPS) is 18.5. The molecule has 0 bridgehead atoms. The van der Waals surface area contributed by atoms with Crippen molar-refractivity contribution in [3.63, 3.8) is 0 Å². The quantitative estimate of drug-likeness (QED) is 0.837. The molecule has 2 unspecified atom stereocenters. The molecule has 0 spiro atoms. The van der Waals surface area contributed by atoms with Gasteiger partial charge >= 0.3 is 5.97 Å². The van der Waals surface area contributed by atoms with Crippen molar-refractivity contribution in [3.05, 3.63) is 28.8 Å². The average Bonchev–Trinajstić information content (AvgIpc) is 2.60. The standard InChI is InChI=1S/C18H23ClN2O4/c1-3-11(2)17(23)21-8-4-5-12(10-21)16(22)20-13-6-7-14(18(24)25)15(19)9-13/h6-7,9,11-12H,3-5,8,10H2,1-2H3,(H,20,22)(H,24,25). The number of carboxylic acids is 1. The molecule has 1 fully saturated rings. The van der Waals surface area contributed by atoms with E-state index in [9.17, 15) is 14.4 Å². The third-order valence-electron chi connectivity index (χ3n) is 4.60. The van der Waals surface area contributed by atoms with Crippen LogP contribution in [0.4, 0.5) is 5.69 Å². The number of carbonyl (C=O) groups excluding carboxylic acids is 2. The average molecular weight is 367 g/mol. The molecule has 6 nitrogen and oxygen atoms in total. The second-order valence-electron chi connectivity index (χ2n) is 6.42. The summed E-state index contributed by atoms with van der Waals surface area (Å²) in [5.74, 6) is -1.52. The number of nitrogens with zero attached hydrogens (tertiary/aromatic N) is 1. The summed E-state index contributed by atoms with van der Waals surface area (Å²) < 4.78 is 0. The van der Waals surface area contributed by atoms with E-state index in [1.165, 1.54) is 18.2 Å². The number of aromatic carboxylic acids is 1. The van der Waals surface area contributed by atoms with Gasteiger partial charge in [0.2, 0.25) is 11.8 Å². The van der Waals surface area contributed by atoms with Crippen molar-refractivity contribution in [1.82, 2.24) is 4.90 Å². The molecule has 2 rings (SSSR count). The van der Waals surface area contributed by atoms with Crippen LogP contribution in [0.1, 0.15) is 43.5 Å². The van der Waals surface area contributed by atoms with E-state index in [-0.39, 0.29) is 34.2 Å². The molecule has 136 valence electrons. The number of piperidine rings is 1. The Kier molecular flexibility index (Phi) is 6.42. The second kappa shape index (κ2) is 8.34. The highest BCUT2D eigenvalue weighted by atomic mass is 35.5. The van der Waals surface area contributed by atoms with Gasteiger partial charge in [0.25, 0.3) is 0 Å². The molecular weight excluding hydrogens is 344 g/mol. The molecule has 1 aromatic carbocycles. The summed E-state index contributed by atoms with van der Waals surface area (Å²) in [4.78, 5) is 37.6. The van der Waals surface area contributed by atoms with E-state index in [0.717, 1.165) is 19.3 Å². The highest BCUT2D eigenvalue weighted by Crippen LogP contribution is 2.24. The third-order valence-corrected chi connectivity index (χ3v) is 4.92. The predicted octanol–water partition coefficient (Wildman–Crippen LogP) is 3.26. The molecule has 2 amide bonds. The van der Waals surface area contributed by atoms with Crippen molar-refractivity contribution >= 4 is 35.1 Å². The number of nitrogens with one attached hydrogen (secondary N) is 1. The first-order valence-corrected chi connectivity index (χ1v) is 8.83. The maximum absolute atomic E-state index is 12.5. The summed E-state index contributed by atoms with van der Waals surface area (Å²) in [6.07, 6.45) is 2.29. The zero-order chi connectivity index (χ0) is 18.6. The molecule has 0 radical (unpaired) electrons. The lowest BCUT2D eigenvalue weighted by Gasteiger charge is -2.33. The van der Waals surface area contributed by atoms with Crippen molar-refractivity contribution in [2.75, 3.05) is 18.4 Å². The van der Waals surface area contributed by atoms with Crippen LogP contribution in [0.15, 0.2) is 18.2 Å². The van der Waals surface area contributed by atoms with Crippen LogP contribution < -0.4 is 5.32 Å². The van der Waals surface area contributed by atoms with Gasteiger partial charge < -0.3 is 15.3 Å². The molecule has 0 saturated carbocycles. The Balaban J connectivity index is 2.02. The molecule has 1 saturated heterocycles. The second-order valence-corrected chi connectivity index (χ2v) is 6.83. The predicted molar refractivity (Wildman–Crippen MR) is 95.8 cm³/mol. The van der Waals surface area contributed by atoms with Crippen LogP contribution in [-0.2, 0) is 9.59 Å². The minimum absolute atomic E-state index is 0.0114. The summed E-state index contributed by atoms with van der Waals surface area (Å²) in [6.45, 7) is 4.97. The number of anilines is 1. The van der Waals surface area contributed by atoms with Crippen molar-refractivity contribution in [1.29, 1.82) is 0 Å². The summed E-state index contributed by atoms with van der Waals surface area (Å²) >= 11 is 5.92. The first kappa shape index (κ1) is 19.2. The van der Waals surface area contributed by atoms with Gasteiger partial charge in [-0.3, -0.25) is 9.59 Å². The van der Waals surface area contributed by atoms with E-state index in [0.29, 0.717) is 18.8 Å². The Morgan fingerprint density at radius 3 is 2.72 bits per heavy atom. The summed E-state index contributed by atoms with van der Waals surface area (Å²) in [5.41, 5.74) is 0.438. The van der Waals surface area contributed by atoms with Crippen molar-refractivity contribution < 1.29 is 19.5 Å². The lowest BCUT2D eigenvalue weighted by molar-refractivity contribution is -0.138. The van der Waals surface area contributed by atoms with Gasteiger partial charge in [0, 0.05) is 24.7 Å². The maximum atomic E-state index is 12.5. The van der Waals surface area contributed by atoms with E-state index in [4.69, 9.17) is 16.7 Å². The number of benzene rings is 1. The summed E-state index contributed by atoms with van der Waals surface area (Å²) in [6, 6.07) is 4.30. The van der Waals surface area contributed by atoms with Gasteiger partial charge in [-0.25, -0.2) is 4.79 Å². The Bertz CT molecular complexity index is 677. The van der Waals surface area contributed by atoms with Gasteiger partial charge in [-0.2, -0.15) is 0 Å². The van der Waals surface area contributed by atoms with E-state index >= 15 is 0 Å². The molecular formula is C18H23ClN2O4. The van der Waals surface area contributed by atoms with Crippen LogP contribution in [0.3, 0.4) is 0 Å². The lowest BCUT2D eigenvalue weighted by atomic mass is 9.95. The van der Waals surface area contributed by atoms with Gasteiger partial charge in [-0.15, -0.1) is 0 Å². The van der Waals surface area contributed by atoms with E-state index in [1.54, 1.807) is 4.90 Å². The zero-order valence-electron chi connectivity index (χ0n) is 14.4. The van der Waals surface area contributed by atoms with Crippen LogP contribution in [-0.4, -0.2) is 40.9 Å². The highest BCUT2D eigenvalue weighted by molar-refractivity contribution is 6.33. The van der Waals surface area contributed by atoms with Gasteiger partial charge in [0.05, 0.1) is 16.5 Å². The lowest BCUT2D eigenvalue weighted by Crippen LogP contribution is -2.45. The number of likely N-dealkylation sites (tertiary alicyclic amines) is 1. The molecule has 1 aromatic rings. The largest absolute Gasteiger partial charge is 0.478 e. The molecule has 1 aliphatic rings. The van der Waals surface area contributed by atoms with Gasteiger partial charge in [0.15, 0.2) is 0 Å². The SMILES string of the molecule is CCC(C)C(=O)N1CCCC(C(=O)Nc2ccc(C(=O)O)c(Cl)c2)C1. The van der Waals surface area contributed by atoms with Gasteiger partial charge in [-0.1, -0.05) is 25.4 Å². The first-order chi connectivity index (χ1) is 11.8. The molecule has 25 heavy (non-hydrogen) atoms. The fourth-order valence-corrected chi connectivity index (χ4v) is 3.15. The highest BCUT2D eigenvalue weighted by Gasteiger charge is 2.30. The Morgan fingerprint density at radius 1 is 1.40 bits per heavy atom. The Hall–Kier alpha value is -2.08. The first-order valence-electron chi connectivity index (χ1n) is 8.46. The van der Waals surface area contributed by atoms with Crippen molar-refractivity contribution in [3.8, 4) is 0 Å². The van der Waals surface area contributed by atoms with Crippen LogP contribution in [0.5, 0.6) is 0 Å². The number of amides is 2. The Morgan fingerprint density at radius 2 is 2.12 bits per heavy atom. The zero-order valence-corrected chi connectivity index (χ0v) is 15.2. The summed E-state index contributed by atoms with van der Waals surface area (Å²) in [5, 5.41) is 11.8. The van der Waals surface area contributed by atoms with Gasteiger partial charge in [0.1, 0.15) is 0 Å². The molecule has 0 aliphatic carbocycles.